The molecule has 0 aromatic carbocycles. The van der Waals surface area contributed by atoms with Crippen LogP contribution in [-0.2, 0) is 30.7 Å². The van der Waals surface area contributed by atoms with Gasteiger partial charge in [0.1, 0.15) is 0 Å². The van der Waals surface area contributed by atoms with Gasteiger partial charge in [-0.05, 0) is 13.8 Å². The molecule has 0 rings (SSSR count). The predicted octanol–water partition coefficient (Wildman–Crippen LogP) is 0.533. The molecule has 0 aliphatic heterocycles. The lowest BCUT2D eigenvalue weighted by Gasteiger charge is -2.32. The van der Waals surface area contributed by atoms with Crippen LogP contribution in [0.15, 0.2) is 0 Å². The predicted molar refractivity (Wildman–Crippen MR) is 63.9 cm³/mol. The Morgan fingerprint density at radius 1 is 0.647 bits per heavy atom. The van der Waals surface area contributed by atoms with Gasteiger partial charge in [0.15, 0.2) is 0 Å². The molecule has 0 aromatic rings. The van der Waals surface area contributed by atoms with E-state index in [4.69, 9.17) is 30.7 Å². The second-order valence-corrected chi connectivity index (χ2v) is 7.81. The highest BCUT2D eigenvalue weighted by atomic mass is 28.5. The van der Waals surface area contributed by atoms with E-state index in [0.717, 1.165) is 0 Å². The molecule has 17 heavy (non-hydrogen) atoms. The molecular weight excluding hydrogens is 264 g/mol. The third-order valence-corrected chi connectivity index (χ3v) is 7.18. The summed E-state index contributed by atoms with van der Waals surface area (Å²) in [5.41, 5.74) is 0. The number of rotatable bonds is 10. The van der Waals surface area contributed by atoms with Crippen LogP contribution in [0.5, 0.6) is 0 Å². The lowest BCUT2D eigenvalue weighted by Crippen LogP contribution is -2.60. The van der Waals surface area contributed by atoms with Gasteiger partial charge in [-0.25, -0.2) is 0 Å². The van der Waals surface area contributed by atoms with Crippen LogP contribution >= 0.6 is 0 Å². The average Bonchev–Trinajstić information content (AvgIpc) is 2.37. The van der Waals surface area contributed by atoms with Gasteiger partial charge in [0.2, 0.25) is 0 Å². The van der Waals surface area contributed by atoms with Crippen molar-refractivity contribution in [1.82, 2.24) is 0 Å². The van der Waals surface area contributed by atoms with Crippen molar-refractivity contribution in [2.24, 2.45) is 0 Å². The molecular formula is C8H22O7Si2. The van der Waals surface area contributed by atoms with E-state index in [0.29, 0.717) is 13.2 Å². The summed E-state index contributed by atoms with van der Waals surface area (Å²) in [6.45, 7) is 4.40. The highest BCUT2D eigenvalue weighted by Gasteiger charge is 2.57. The maximum absolute atomic E-state index is 5.65. The summed E-state index contributed by atoms with van der Waals surface area (Å²) in [7, 11) is -0.758. The highest BCUT2D eigenvalue weighted by Crippen LogP contribution is 2.19. The first-order valence-electron chi connectivity index (χ1n) is 5.26. The molecule has 0 radical (unpaired) electrons. The minimum Gasteiger partial charge on any atom is -0.355 e. The minimum absolute atomic E-state index is 0.387. The summed E-state index contributed by atoms with van der Waals surface area (Å²) in [6.07, 6.45) is 0. The van der Waals surface area contributed by atoms with Gasteiger partial charge in [0.25, 0.3) is 0 Å². The molecule has 0 bridgehead atoms. The zero-order chi connectivity index (χ0) is 13.4. The lowest BCUT2D eigenvalue weighted by atomic mass is 10.9. The van der Waals surface area contributed by atoms with E-state index in [1.165, 1.54) is 28.4 Å². The molecule has 0 heterocycles. The molecule has 0 aromatic heterocycles. The maximum Gasteiger partial charge on any atom is 0.673 e. The van der Waals surface area contributed by atoms with E-state index in [2.05, 4.69) is 0 Å². The van der Waals surface area contributed by atoms with Crippen molar-refractivity contribution < 1.29 is 30.7 Å². The third-order valence-electron chi connectivity index (χ3n) is 1.89. The van der Waals surface area contributed by atoms with Gasteiger partial charge < -0.3 is 30.7 Å². The summed E-state index contributed by atoms with van der Waals surface area (Å²) >= 11 is 0. The Hall–Kier alpha value is 0.154. The van der Waals surface area contributed by atoms with Crippen LogP contribution in [-0.4, -0.2) is 59.7 Å². The molecule has 0 saturated heterocycles. The second kappa shape index (κ2) is 8.29. The molecule has 0 unspecified atom stereocenters. The quantitative estimate of drug-likeness (QED) is 0.543. The normalized spacial score (nSPS) is 13.1. The SMILES string of the molecule is CCO[Si](OC)(OC)O[Si](OC)(OC)OCC. The largest absolute Gasteiger partial charge is 0.673 e. The molecule has 0 fully saturated rings. The maximum atomic E-state index is 5.65. The molecule has 7 nitrogen and oxygen atoms in total. The van der Waals surface area contributed by atoms with Gasteiger partial charge in [0, 0.05) is 41.7 Å². The number of hydrogen-bond acceptors (Lipinski definition) is 7. The van der Waals surface area contributed by atoms with Crippen molar-refractivity contribution in [3.8, 4) is 0 Å². The van der Waals surface area contributed by atoms with Crippen LogP contribution in [0.3, 0.4) is 0 Å². The molecule has 0 atom stereocenters. The molecule has 9 heteroatoms. The van der Waals surface area contributed by atoms with Crippen molar-refractivity contribution in [2.45, 2.75) is 13.8 Å². The number of hydrogen-bond donors (Lipinski definition) is 0. The molecule has 0 aliphatic carbocycles. The zero-order valence-corrected chi connectivity index (χ0v) is 13.3. The highest BCUT2D eigenvalue weighted by molar-refractivity contribution is 6.68. The van der Waals surface area contributed by atoms with E-state index in [1.807, 2.05) is 13.8 Å². The Labute approximate surface area is 105 Å². The molecule has 104 valence electrons. The van der Waals surface area contributed by atoms with Crippen molar-refractivity contribution >= 4 is 18.1 Å². The smallest absolute Gasteiger partial charge is 0.355 e. The Morgan fingerprint density at radius 2 is 0.941 bits per heavy atom. The van der Waals surface area contributed by atoms with Crippen LogP contribution in [0.2, 0.25) is 0 Å². The molecule has 0 saturated carbocycles. The standard InChI is InChI=1S/C8H22O7Si2/c1-7-13-16(9-3,10-4)15-17(11-5,12-6)14-8-2/h7-8H2,1-6H3. The van der Waals surface area contributed by atoms with Crippen molar-refractivity contribution in [3.05, 3.63) is 0 Å². The first kappa shape index (κ1) is 17.2. The van der Waals surface area contributed by atoms with Crippen LogP contribution in [0.1, 0.15) is 13.8 Å². The van der Waals surface area contributed by atoms with Gasteiger partial charge in [-0.15, -0.1) is 0 Å². The summed E-state index contributed by atoms with van der Waals surface area (Å²) < 4.78 is 37.2. The molecule has 0 spiro atoms. The Morgan fingerprint density at radius 3 is 1.12 bits per heavy atom. The van der Waals surface area contributed by atoms with Crippen LogP contribution < -0.4 is 0 Å². The van der Waals surface area contributed by atoms with Crippen molar-refractivity contribution in [3.63, 3.8) is 0 Å². The molecule has 0 amide bonds. The first-order chi connectivity index (χ1) is 8.07. The van der Waals surface area contributed by atoms with Gasteiger partial charge >= 0.3 is 18.1 Å². The first-order valence-corrected chi connectivity index (χ1v) is 8.52. The second-order valence-electron chi connectivity index (χ2n) is 2.78. The fourth-order valence-electron chi connectivity index (χ4n) is 1.13. The summed E-state index contributed by atoms with van der Waals surface area (Å²) in [5, 5.41) is 0. The Balaban J connectivity index is 4.89. The Bertz CT molecular complexity index is 176. The third kappa shape index (κ3) is 4.73. The minimum atomic E-state index is -3.27. The van der Waals surface area contributed by atoms with Crippen LogP contribution in [0, 0.1) is 0 Å². The fraction of sp³-hybridized carbons (Fsp3) is 1.00. The van der Waals surface area contributed by atoms with Gasteiger partial charge in [-0.2, -0.15) is 0 Å². The van der Waals surface area contributed by atoms with E-state index in [1.54, 1.807) is 0 Å². The summed E-state index contributed by atoms with van der Waals surface area (Å²) in [5.74, 6) is 0. The van der Waals surface area contributed by atoms with Gasteiger partial charge in [-0.3, -0.25) is 0 Å². The zero-order valence-electron chi connectivity index (χ0n) is 11.3. The Kier molecular flexibility index (Phi) is 8.36. The van der Waals surface area contributed by atoms with Crippen molar-refractivity contribution in [1.29, 1.82) is 0 Å². The van der Waals surface area contributed by atoms with Gasteiger partial charge in [0.05, 0.1) is 0 Å². The van der Waals surface area contributed by atoms with Crippen molar-refractivity contribution in [2.75, 3.05) is 41.7 Å². The fourth-order valence-corrected chi connectivity index (χ4v) is 5.68. The van der Waals surface area contributed by atoms with Gasteiger partial charge in [-0.1, -0.05) is 0 Å². The average molecular weight is 286 g/mol. The van der Waals surface area contributed by atoms with Crippen LogP contribution in [0.4, 0.5) is 0 Å². The van der Waals surface area contributed by atoms with E-state index >= 15 is 0 Å². The summed E-state index contributed by atoms with van der Waals surface area (Å²) in [4.78, 5) is 0. The summed E-state index contributed by atoms with van der Waals surface area (Å²) in [6, 6.07) is 0. The van der Waals surface area contributed by atoms with Crippen LogP contribution in [0.25, 0.3) is 0 Å². The lowest BCUT2D eigenvalue weighted by molar-refractivity contribution is -0.0380. The van der Waals surface area contributed by atoms with E-state index < -0.39 is 18.1 Å². The van der Waals surface area contributed by atoms with E-state index in [-0.39, 0.29) is 0 Å². The topological polar surface area (TPSA) is 64.6 Å². The monoisotopic (exact) mass is 286 g/mol. The molecule has 0 N–H and O–H groups in total. The van der Waals surface area contributed by atoms with E-state index in [9.17, 15) is 0 Å². The molecule has 0 aliphatic rings.